The Morgan fingerprint density at radius 2 is 0.618 bits per heavy atom. The molecule has 1 rings (SSSR count). The Bertz CT molecular complexity index is 338. The van der Waals surface area contributed by atoms with Crippen molar-refractivity contribution in [2.75, 3.05) is 0 Å². The molecule has 0 heteroatoms. The monoisotopic (exact) mass is 477 g/mol. The van der Waals surface area contributed by atoms with E-state index in [0.29, 0.717) is 0 Å². The van der Waals surface area contributed by atoms with Crippen molar-refractivity contribution in [3.05, 3.63) is 0 Å². The molecule has 1 aliphatic rings. The first-order valence-corrected chi connectivity index (χ1v) is 16.9. The Kier molecular flexibility index (Phi) is 24.6. The van der Waals surface area contributed by atoms with E-state index in [1.807, 2.05) is 0 Å². The normalized spacial score (nSPS) is 18.5. The molecular weight excluding hydrogens is 408 g/mol. The van der Waals surface area contributed by atoms with Crippen LogP contribution in [0.3, 0.4) is 0 Å². The minimum absolute atomic E-state index is 1.08. The van der Waals surface area contributed by atoms with Gasteiger partial charge in [0.1, 0.15) is 0 Å². The number of hydrogen-bond acceptors (Lipinski definition) is 0. The highest BCUT2D eigenvalue weighted by molar-refractivity contribution is 4.73. The molecule has 1 fully saturated rings. The summed E-state index contributed by atoms with van der Waals surface area (Å²) in [6.45, 7) is 4.63. The highest BCUT2D eigenvalue weighted by Gasteiger charge is 2.21. The predicted molar refractivity (Wildman–Crippen MR) is 157 cm³/mol. The summed E-state index contributed by atoms with van der Waals surface area (Å²) in [5.41, 5.74) is 0. The second kappa shape index (κ2) is 26.1. The van der Waals surface area contributed by atoms with E-state index in [-0.39, 0.29) is 0 Å². The lowest BCUT2D eigenvalue weighted by Crippen LogP contribution is -2.15. The van der Waals surface area contributed by atoms with Gasteiger partial charge in [-0.25, -0.2) is 0 Å². The first-order valence-electron chi connectivity index (χ1n) is 16.9. The summed E-state index contributed by atoms with van der Waals surface area (Å²) in [7, 11) is 0. The maximum atomic E-state index is 2.31. The molecule has 0 N–H and O–H groups in total. The van der Waals surface area contributed by atoms with Gasteiger partial charge in [0.25, 0.3) is 0 Å². The first-order chi connectivity index (χ1) is 16.9. The van der Waals surface area contributed by atoms with Crippen molar-refractivity contribution in [3.63, 3.8) is 0 Å². The smallest absolute Gasteiger partial charge is 0.0412 e. The molecule has 34 heavy (non-hydrogen) atoms. The van der Waals surface area contributed by atoms with Gasteiger partial charge in [-0.2, -0.15) is 0 Å². The second-order valence-electron chi connectivity index (χ2n) is 12.3. The Balaban J connectivity index is 1.83. The van der Waals surface area contributed by atoms with Crippen LogP contribution in [0.15, 0.2) is 0 Å². The fourth-order valence-electron chi connectivity index (χ4n) is 6.47. The van der Waals surface area contributed by atoms with Crippen LogP contribution in [0.25, 0.3) is 0 Å². The van der Waals surface area contributed by atoms with Crippen molar-refractivity contribution in [2.45, 2.75) is 206 Å². The Morgan fingerprint density at radius 3 is 0.912 bits per heavy atom. The van der Waals surface area contributed by atoms with Gasteiger partial charge in [0.2, 0.25) is 0 Å². The fraction of sp³-hybridized carbons (Fsp3) is 1.00. The van der Waals surface area contributed by atoms with Gasteiger partial charge in [-0.3, -0.25) is 0 Å². The van der Waals surface area contributed by atoms with E-state index in [4.69, 9.17) is 0 Å². The molecule has 1 saturated carbocycles. The summed E-state index contributed by atoms with van der Waals surface area (Å²) in [5.74, 6) is 2.17. The molecule has 0 radical (unpaired) electrons. The van der Waals surface area contributed by atoms with E-state index >= 15 is 0 Å². The van der Waals surface area contributed by atoms with Crippen LogP contribution in [0.4, 0.5) is 0 Å². The molecule has 2 atom stereocenters. The fourth-order valence-corrected chi connectivity index (χ4v) is 6.47. The van der Waals surface area contributed by atoms with Crippen LogP contribution in [-0.2, 0) is 0 Å². The zero-order chi connectivity index (χ0) is 24.4. The quantitative estimate of drug-likeness (QED) is 0.109. The lowest BCUT2D eigenvalue weighted by Gasteiger charge is -2.29. The van der Waals surface area contributed by atoms with Crippen LogP contribution in [0.5, 0.6) is 0 Å². The van der Waals surface area contributed by atoms with E-state index in [9.17, 15) is 0 Å². The molecular formula is C34H68. The Morgan fingerprint density at radius 1 is 0.353 bits per heavy atom. The topological polar surface area (TPSA) is 0 Å². The third-order valence-electron chi connectivity index (χ3n) is 8.82. The predicted octanol–water partition coefficient (Wildman–Crippen LogP) is 13.0. The molecule has 0 spiro atoms. The SMILES string of the molecule is CCCCCCCCCCCCCCC1CCCC(CCCCCCCCCCCCCC)C1. The Labute approximate surface area is 218 Å². The highest BCUT2D eigenvalue weighted by atomic mass is 14.3. The van der Waals surface area contributed by atoms with Crippen molar-refractivity contribution >= 4 is 0 Å². The van der Waals surface area contributed by atoms with E-state index < -0.39 is 0 Å². The maximum Gasteiger partial charge on any atom is -0.0412 e. The molecule has 0 aromatic heterocycles. The van der Waals surface area contributed by atoms with Crippen LogP contribution in [0.2, 0.25) is 0 Å². The van der Waals surface area contributed by atoms with Crippen LogP contribution >= 0.6 is 0 Å². The van der Waals surface area contributed by atoms with Crippen LogP contribution in [0, 0.1) is 11.8 Å². The van der Waals surface area contributed by atoms with Crippen molar-refractivity contribution in [3.8, 4) is 0 Å². The summed E-state index contributed by atoms with van der Waals surface area (Å²) in [4.78, 5) is 0. The minimum atomic E-state index is 1.08. The molecule has 0 bridgehead atoms. The van der Waals surface area contributed by atoms with Gasteiger partial charge < -0.3 is 0 Å². The summed E-state index contributed by atoms with van der Waals surface area (Å²) in [5, 5.41) is 0. The Hall–Kier alpha value is 0. The average Bonchev–Trinajstić information content (AvgIpc) is 2.85. The number of hydrogen-bond donors (Lipinski definition) is 0. The van der Waals surface area contributed by atoms with Gasteiger partial charge in [-0.1, -0.05) is 200 Å². The minimum Gasteiger partial charge on any atom is -0.0654 e. The summed E-state index contributed by atoms with van der Waals surface area (Å²) in [6.07, 6.45) is 44.9. The number of unbranched alkanes of at least 4 members (excludes halogenated alkanes) is 22. The maximum absolute atomic E-state index is 2.31. The standard InChI is InChI=1S/C34H68/c1-3-5-7-9-11-13-15-17-19-21-23-25-28-33-30-27-31-34(32-33)29-26-24-22-20-18-16-14-12-10-8-6-4-2/h33-34H,3-32H2,1-2H3. The van der Waals surface area contributed by atoms with E-state index in [1.165, 1.54) is 161 Å². The summed E-state index contributed by atoms with van der Waals surface area (Å²) in [6, 6.07) is 0. The van der Waals surface area contributed by atoms with Gasteiger partial charge >= 0.3 is 0 Å². The lowest BCUT2D eigenvalue weighted by molar-refractivity contribution is 0.235. The molecule has 2 unspecified atom stereocenters. The molecule has 0 heterocycles. The summed E-state index contributed by atoms with van der Waals surface area (Å²) >= 11 is 0. The zero-order valence-electron chi connectivity index (χ0n) is 24.4. The van der Waals surface area contributed by atoms with Crippen molar-refractivity contribution in [2.24, 2.45) is 11.8 Å². The van der Waals surface area contributed by atoms with Crippen LogP contribution in [0.1, 0.15) is 206 Å². The molecule has 0 nitrogen and oxygen atoms in total. The van der Waals surface area contributed by atoms with Crippen LogP contribution < -0.4 is 0 Å². The van der Waals surface area contributed by atoms with E-state index in [2.05, 4.69) is 13.8 Å². The molecule has 204 valence electrons. The van der Waals surface area contributed by atoms with Crippen LogP contribution in [-0.4, -0.2) is 0 Å². The van der Waals surface area contributed by atoms with Gasteiger partial charge in [-0.15, -0.1) is 0 Å². The lowest BCUT2D eigenvalue weighted by atomic mass is 9.77. The zero-order valence-corrected chi connectivity index (χ0v) is 24.4. The molecule has 1 aliphatic carbocycles. The van der Waals surface area contributed by atoms with Crippen molar-refractivity contribution < 1.29 is 0 Å². The molecule has 0 saturated heterocycles. The second-order valence-corrected chi connectivity index (χ2v) is 12.3. The van der Waals surface area contributed by atoms with Gasteiger partial charge in [0.05, 0.1) is 0 Å². The van der Waals surface area contributed by atoms with E-state index in [1.54, 1.807) is 32.1 Å². The molecule has 0 aliphatic heterocycles. The van der Waals surface area contributed by atoms with E-state index in [0.717, 1.165) is 11.8 Å². The van der Waals surface area contributed by atoms with Gasteiger partial charge in [0.15, 0.2) is 0 Å². The molecule has 0 amide bonds. The van der Waals surface area contributed by atoms with Crippen molar-refractivity contribution in [1.29, 1.82) is 0 Å². The average molecular weight is 477 g/mol. The third-order valence-corrected chi connectivity index (χ3v) is 8.82. The first kappa shape index (κ1) is 32.0. The molecule has 0 aromatic carbocycles. The van der Waals surface area contributed by atoms with Gasteiger partial charge in [0, 0.05) is 0 Å². The third kappa shape index (κ3) is 21.3. The highest BCUT2D eigenvalue weighted by Crippen LogP contribution is 2.35. The van der Waals surface area contributed by atoms with Gasteiger partial charge in [-0.05, 0) is 18.3 Å². The van der Waals surface area contributed by atoms with Crippen molar-refractivity contribution in [1.82, 2.24) is 0 Å². The summed E-state index contributed by atoms with van der Waals surface area (Å²) < 4.78 is 0. The molecule has 0 aromatic rings. The largest absolute Gasteiger partial charge is 0.0654 e. The number of rotatable bonds is 26.